The van der Waals surface area contributed by atoms with Crippen LogP contribution in [0.2, 0.25) is 0 Å². The minimum atomic E-state index is -0.0207. The van der Waals surface area contributed by atoms with Crippen molar-refractivity contribution in [2.45, 2.75) is 13.5 Å². The first kappa shape index (κ1) is 12.3. The lowest BCUT2D eigenvalue weighted by Gasteiger charge is -2.03. The molecule has 17 heavy (non-hydrogen) atoms. The van der Waals surface area contributed by atoms with Gasteiger partial charge in [0.15, 0.2) is 0 Å². The molecule has 0 saturated heterocycles. The molecule has 0 spiro atoms. The normalized spacial score (nSPS) is 10.2. The van der Waals surface area contributed by atoms with E-state index in [0.717, 1.165) is 19.8 Å². The monoisotopic (exact) mass is 309 g/mol. The fourth-order valence-electron chi connectivity index (χ4n) is 1.44. The minimum absolute atomic E-state index is 0.0207. The van der Waals surface area contributed by atoms with Gasteiger partial charge in [-0.3, -0.25) is 4.79 Å². The highest BCUT2D eigenvalue weighted by Gasteiger charge is 2.10. The molecular weight excluding hydrogens is 298 g/mol. The number of carbonyl (C=O) groups is 1. The highest BCUT2D eigenvalue weighted by Crippen LogP contribution is 2.27. The fourth-order valence-corrected chi connectivity index (χ4v) is 2.89. The summed E-state index contributed by atoms with van der Waals surface area (Å²) in [5.41, 5.74) is 2.20. The molecule has 0 saturated carbocycles. The minimum Gasteiger partial charge on any atom is -0.347 e. The lowest BCUT2D eigenvalue weighted by atomic mass is 10.2. The zero-order chi connectivity index (χ0) is 12.3. The smallest absolute Gasteiger partial charge is 0.261 e. The Morgan fingerprint density at radius 2 is 2.06 bits per heavy atom. The molecule has 2 nitrogen and oxygen atoms in total. The van der Waals surface area contributed by atoms with Crippen molar-refractivity contribution < 1.29 is 4.79 Å². The van der Waals surface area contributed by atoms with E-state index in [9.17, 15) is 4.79 Å². The summed E-state index contributed by atoms with van der Waals surface area (Å²) in [6.07, 6.45) is 0. The van der Waals surface area contributed by atoms with Crippen LogP contribution in [0.1, 0.15) is 20.8 Å². The van der Waals surface area contributed by atoms with E-state index in [1.165, 1.54) is 11.3 Å². The molecule has 1 aromatic heterocycles. The zero-order valence-electron chi connectivity index (χ0n) is 9.37. The number of carbonyl (C=O) groups excluding carboxylic acids is 1. The van der Waals surface area contributed by atoms with Gasteiger partial charge in [-0.05, 0) is 40.0 Å². The molecule has 1 heterocycles. The fraction of sp³-hybridized carbons (Fsp3) is 0.154. The van der Waals surface area contributed by atoms with Crippen molar-refractivity contribution in [1.29, 1.82) is 0 Å². The number of rotatable bonds is 3. The number of aryl methyl sites for hydroxylation is 1. The third-order valence-electron chi connectivity index (χ3n) is 2.38. The molecule has 1 amide bonds. The van der Waals surface area contributed by atoms with Crippen LogP contribution >= 0.6 is 27.3 Å². The summed E-state index contributed by atoms with van der Waals surface area (Å²) < 4.78 is 1.02. The third kappa shape index (κ3) is 3.17. The van der Waals surface area contributed by atoms with Crippen LogP contribution < -0.4 is 5.32 Å². The van der Waals surface area contributed by atoms with Crippen LogP contribution in [0.15, 0.2) is 40.2 Å². The van der Waals surface area contributed by atoms with Crippen LogP contribution in [0.25, 0.3) is 0 Å². The highest BCUT2D eigenvalue weighted by molar-refractivity contribution is 9.11. The Kier molecular flexibility index (Phi) is 3.97. The molecular formula is C13H12BrNOS. The standard InChI is InChI=1S/C13H12BrNOS/c1-9-7-11(17-12(9)14)13(16)15-8-10-5-3-2-4-6-10/h2-7H,8H2,1H3,(H,15,16). The van der Waals surface area contributed by atoms with Gasteiger partial charge < -0.3 is 5.32 Å². The van der Waals surface area contributed by atoms with Gasteiger partial charge in [0.05, 0.1) is 8.66 Å². The Bertz CT molecular complexity index is 502. The van der Waals surface area contributed by atoms with Gasteiger partial charge >= 0.3 is 0 Å². The van der Waals surface area contributed by atoms with Crippen molar-refractivity contribution in [3.05, 3.63) is 56.2 Å². The van der Waals surface area contributed by atoms with Crippen LogP contribution in [0, 0.1) is 6.92 Å². The van der Waals surface area contributed by atoms with Gasteiger partial charge in [-0.25, -0.2) is 0 Å². The van der Waals surface area contributed by atoms with Crippen LogP contribution in [0.4, 0.5) is 0 Å². The Balaban J connectivity index is 1.98. The first-order chi connectivity index (χ1) is 8.16. The average Bonchev–Trinajstić information content (AvgIpc) is 2.68. The van der Waals surface area contributed by atoms with E-state index in [-0.39, 0.29) is 5.91 Å². The Hall–Kier alpha value is -1.13. The summed E-state index contributed by atoms with van der Waals surface area (Å²) in [5.74, 6) is -0.0207. The second-order valence-corrected chi connectivity index (χ2v) is 6.11. The molecule has 4 heteroatoms. The predicted octanol–water partition coefficient (Wildman–Crippen LogP) is 3.75. The molecule has 0 radical (unpaired) electrons. The molecule has 0 atom stereocenters. The van der Waals surface area contributed by atoms with Gasteiger partial charge in [0, 0.05) is 6.54 Å². The van der Waals surface area contributed by atoms with Crippen molar-refractivity contribution in [3.63, 3.8) is 0 Å². The number of thiophene rings is 1. The zero-order valence-corrected chi connectivity index (χ0v) is 11.8. The number of amides is 1. The number of nitrogens with one attached hydrogen (secondary N) is 1. The molecule has 2 aromatic rings. The van der Waals surface area contributed by atoms with Crippen molar-refractivity contribution in [3.8, 4) is 0 Å². The van der Waals surface area contributed by atoms with E-state index in [2.05, 4.69) is 21.2 Å². The molecule has 0 aliphatic carbocycles. The van der Waals surface area contributed by atoms with E-state index >= 15 is 0 Å². The van der Waals surface area contributed by atoms with Gasteiger partial charge in [-0.15, -0.1) is 11.3 Å². The number of hydrogen-bond donors (Lipinski definition) is 1. The van der Waals surface area contributed by atoms with Crippen LogP contribution in [-0.2, 0) is 6.54 Å². The van der Waals surface area contributed by atoms with Gasteiger partial charge in [0.2, 0.25) is 0 Å². The van der Waals surface area contributed by atoms with E-state index in [0.29, 0.717) is 6.54 Å². The maximum atomic E-state index is 11.9. The average molecular weight is 310 g/mol. The maximum absolute atomic E-state index is 11.9. The van der Waals surface area contributed by atoms with Crippen LogP contribution in [0.5, 0.6) is 0 Å². The van der Waals surface area contributed by atoms with Crippen LogP contribution in [0.3, 0.4) is 0 Å². The highest BCUT2D eigenvalue weighted by atomic mass is 79.9. The third-order valence-corrected chi connectivity index (χ3v) is 4.51. The van der Waals surface area contributed by atoms with Crippen molar-refractivity contribution in [2.75, 3.05) is 0 Å². The molecule has 1 aromatic carbocycles. The summed E-state index contributed by atoms with van der Waals surface area (Å²) in [4.78, 5) is 12.6. The quantitative estimate of drug-likeness (QED) is 0.919. The predicted molar refractivity (Wildman–Crippen MR) is 74.4 cm³/mol. The molecule has 0 aliphatic rings. The van der Waals surface area contributed by atoms with Gasteiger partial charge in [-0.2, -0.15) is 0 Å². The number of hydrogen-bond acceptors (Lipinski definition) is 2. The maximum Gasteiger partial charge on any atom is 0.261 e. The second kappa shape index (κ2) is 5.47. The molecule has 1 N–H and O–H groups in total. The topological polar surface area (TPSA) is 29.1 Å². The van der Waals surface area contributed by atoms with E-state index in [1.54, 1.807) is 0 Å². The Morgan fingerprint density at radius 3 is 2.65 bits per heavy atom. The first-order valence-corrected chi connectivity index (χ1v) is 6.86. The first-order valence-electron chi connectivity index (χ1n) is 5.25. The van der Waals surface area contributed by atoms with Crippen molar-refractivity contribution >= 4 is 33.2 Å². The summed E-state index contributed by atoms with van der Waals surface area (Å²) in [6.45, 7) is 2.54. The Labute approximate surface area is 113 Å². The van der Waals surface area contributed by atoms with E-state index in [4.69, 9.17) is 0 Å². The largest absolute Gasteiger partial charge is 0.347 e. The van der Waals surface area contributed by atoms with Crippen LogP contribution in [-0.4, -0.2) is 5.91 Å². The summed E-state index contributed by atoms with van der Waals surface area (Å²) in [5, 5.41) is 2.91. The molecule has 2 rings (SSSR count). The molecule has 0 unspecified atom stereocenters. The SMILES string of the molecule is Cc1cc(C(=O)NCc2ccccc2)sc1Br. The van der Waals surface area contributed by atoms with Gasteiger partial charge in [0.1, 0.15) is 0 Å². The lowest BCUT2D eigenvalue weighted by Crippen LogP contribution is -2.21. The summed E-state index contributed by atoms with van der Waals surface area (Å²) in [6, 6.07) is 11.8. The van der Waals surface area contributed by atoms with E-state index in [1.807, 2.05) is 43.3 Å². The lowest BCUT2D eigenvalue weighted by molar-refractivity contribution is 0.0955. The molecule has 0 fully saturated rings. The number of halogens is 1. The van der Waals surface area contributed by atoms with Crippen molar-refractivity contribution in [1.82, 2.24) is 5.32 Å². The Morgan fingerprint density at radius 1 is 1.35 bits per heavy atom. The summed E-state index contributed by atoms with van der Waals surface area (Å²) in [7, 11) is 0. The molecule has 88 valence electrons. The van der Waals surface area contributed by atoms with Crippen molar-refractivity contribution in [2.24, 2.45) is 0 Å². The van der Waals surface area contributed by atoms with Gasteiger partial charge in [0.25, 0.3) is 5.91 Å². The summed E-state index contributed by atoms with van der Waals surface area (Å²) >= 11 is 4.88. The van der Waals surface area contributed by atoms with E-state index < -0.39 is 0 Å². The second-order valence-electron chi connectivity index (χ2n) is 3.74. The number of benzene rings is 1. The molecule has 0 aliphatic heterocycles. The van der Waals surface area contributed by atoms with Gasteiger partial charge in [-0.1, -0.05) is 30.3 Å². The molecule has 0 bridgehead atoms.